The third-order valence-corrected chi connectivity index (χ3v) is 5.48. The molecule has 2 heterocycles. The Morgan fingerprint density at radius 1 is 1.21 bits per heavy atom. The van der Waals surface area contributed by atoms with Crippen LogP contribution in [0.2, 0.25) is 0 Å². The highest BCUT2D eigenvalue weighted by Crippen LogP contribution is 2.20. The average Bonchev–Trinajstić information content (AvgIpc) is 3.35. The molecule has 1 aromatic heterocycles. The molecule has 0 aliphatic carbocycles. The standard InChI is InChI=1S/C23H29N5/c1-17-8-9-21-18(15-26-22(21)14-17)10-12-25-23(24-2)27-19-11-13-28(16-19)20-6-4-3-5-7-20/h3-9,14-15,19,26H,10-13,16H2,1-2H3,(H2,24,25,27). The first-order chi connectivity index (χ1) is 13.7. The highest BCUT2D eigenvalue weighted by atomic mass is 15.2. The van der Waals surface area contributed by atoms with Gasteiger partial charge < -0.3 is 20.5 Å². The van der Waals surface area contributed by atoms with Crippen LogP contribution in [0, 0.1) is 6.92 Å². The number of aliphatic imine (C=N–C) groups is 1. The van der Waals surface area contributed by atoms with Gasteiger partial charge in [-0.25, -0.2) is 0 Å². The number of anilines is 1. The number of nitrogens with zero attached hydrogens (tertiary/aromatic N) is 2. The minimum Gasteiger partial charge on any atom is -0.369 e. The van der Waals surface area contributed by atoms with Gasteiger partial charge >= 0.3 is 0 Å². The van der Waals surface area contributed by atoms with Gasteiger partial charge in [0, 0.05) is 55.5 Å². The molecule has 4 rings (SSSR count). The number of nitrogens with one attached hydrogen (secondary N) is 3. The van der Waals surface area contributed by atoms with Crippen molar-refractivity contribution in [2.75, 3.05) is 31.6 Å². The summed E-state index contributed by atoms with van der Waals surface area (Å²) in [7, 11) is 1.84. The lowest BCUT2D eigenvalue weighted by molar-refractivity contribution is 0.648. The van der Waals surface area contributed by atoms with E-state index in [4.69, 9.17) is 0 Å². The normalized spacial score (nSPS) is 17.3. The Bertz CT molecular complexity index is 944. The minimum atomic E-state index is 0.419. The van der Waals surface area contributed by atoms with Crippen LogP contribution >= 0.6 is 0 Å². The number of benzene rings is 2. The molecule has 0 amide bonds. The number of aromatic amines is 1. The summed E-state index contributed by atoms with van der Waals surface area (Å²) in [5.41, 5.74) is 5.13. The van der Waals surface area contributed by atoms with E-state index in [1.807, 2.05) is 7.05 Å². The van der Waals surface area contributed by atoms with Crippen molar-refractivity contribution in [3.05, 3.63) is 65.9 Å². The maximum Gasteiger partial charge on any atom is 0.191 e. The average molecular weight is 376 g/mol. The van der Waals surface area contributed by atoms with Crippen LogP contribution in [0.1, 0.15) is 17.5 Å². The number of fused-ring (bicyclic) bond motifs is 1. The number of H-pyrrole nitrogens is 1. The Kier molecular flexibility index (Phi) is 5.51. The molecule has 0 radical (unpaired) electrons. The third-order valence-electron chi connectivity index (χ3n) is 5.48. The van der Waals surface area contributed by atoms with E-state index < -0.39 is 0 Å². The van der Waals surface area contributed by atoms with E-state index in [1.54, 1.807) is 0 Å². The first kappa shape index (κ1) is 18.4. The number of guanidine groups is 1. The van der Waals surface area contributed by atoms with Gasteiger partial charge in [-0.3, -0.25) is 4.99 Å². The molecule has 1 atom stereocenters. The maximum absolute atomic E-state index is 4.41. The molecule has 5 nitrogen and oxygen atoms in total. The number of hydrogen-bond acceptors (Lipinski definition) is 2. The first-order valence-corrected chi connectivity index (χ1v) is 10.1. The molecule has 1 unspecified atom stereocenters. The molecule has 0 bridgehead atoms. The van der Waals surface area contributed by atoms with E-state index in [0.29, 0.717) is 6.04 Å². The summed E-state index contributed by atoms with van der Waals surface area (Å²) in [5, 5.41) is 8.36. The second kappa shape index (κ2) is 8.38. The van der Waals surface area contributed by atoms with Crippen molar-refractivity contribution in [1.82, 2.24) is 15.6 Å². The number of hydrogen-bond donors (Lipinski definition) is 3. The summed E-state index contributed by atoms with van der Waals surface area (Å²) < 4.78 is 0. The first-order valence-electron chi connectivity index (χ1n) is 10.1. The summed E-state index contributed by atoms with van der Waals surface area (Å²) >= 11 is 0. The van der Waals surface area contributed by atoms with Crippen LogP contribution in [0.4, 0.5) is 5.69 Å². The molecular weight excluding hydrogens is 346 g/mol. The van der Waals surface area contributed by atoms with Crippen LogP contribution in [0.3, 0.4) is 0 Å². The van der Waals surface area contributed by atoms with Crippen LogP contribution < -0.4 is 15.5 Å². The number of rotatable bonds is 5. The monoisotopic (exact) mass is 375 g/mol. The van der Waals surface area contributed by atoms with Crippen molar-refractivity contribution in [3.8, 4) is 0 Å². The Labute approximate surface area is 166 Å². The van der Waals surface area contributed by atoms with E-state index in [0.717, 1.165) is 38.4 Å². The lowest BCUT2D eigenvalue weighted by Gasteiger charge is -2.20. The summed E-state index contributed by atoms with van der Waals surface area (Å²) in [6.45, 7) is 5.06. The molecule has 1 fully saturated rings. The van der Waals surface area contributed by atoms with Gasteiger partial charge in [-0.1, -0.05) is 30.3 Å². The zero-order valence-corrected chi connectivity index (χ0v) is 16.7. The van der Waals surface area contributed by atoms with E-state index in [2.05, 4.69) is 87.2 Å². The lowest BCUT2D eigenvalue weighted by Crippen LogP contribution is -2.45. The van der Waals surface area contributed by atoms with Gasteiger partial charge in [-0.15, -0.1) is 0 Å². The number of para-hydroxylation sites is 1. The van der Waals surface area contributed by atoms with Crippen LogP contribution in [0.5, 0.6) is 0 Å². The van der Waals surface area contributed by atoms with E-state index in [9.17, 15) is 0 Å². The minimum absolute atomic E-state index is 0.419. The van der Waals surface area contributed by atoms with E-state index in [1.165, 1.54) is 27.7 Å². The Morgan fingerprint density at radius 3 is 2.89 bits per heavy atom. The van der Waals surface area contributed by atoms with Gasteiger partial charge in [0.05, 0.1) is 0 Å². The van der Waals surface area contributed by atoms with Crippen LogP contribution in [-0.4, -0.2) is 43.7 Å². The number of aryl methyl sites for hydroxylation is 1. The predicted octanol–water partition coefficient (Wildman–Crippen LogP) is 3.46. The molecule has 0 saturated carbocycles. The molecule has 1 aliphatic rings. The van der Waals surface area contributed by atoms with Crippen molar-refractivity contribution in [2.24, 2.45) is 4.99 Å². The van der Waals surface area contributed by atoms with Gasteiger partial charge in [0.2, 0.25) is 0 Å². The summed E-state index contributed by atoms with van der Waals surface area (Å²) in [6, 6.07) is 17.6. The van der Waals surface area contributed by atoms with Gasteiger partial charge in [-0.2, -0.15) is 0 Å². The molecule has 3 aromatic rings. The van der Waals surface area contributed by atoms with Crippen LogP contribution in [-0.2, 0) is 6.42 Å². The maximum atomic E-state index is 4.41. The fourth-order valence-corrected chi connectivity index (χ4v) is 3.96. The topological polar surface area (TPSA) is 55.5 Å². The Balaban J connectivity index is 1.28. The van der Waals surface area contributed by atoms with Crippen molar-refractivity contribution in [1.29, 1.82) is 0 Å². The zero-order valence-electron chi connectivity index (χ0n) is 16.7. The fourth-order valence-electron chi connectivity index (χ4n) is 3.96. The summed E-state index contributed by atoms with van der Waals surface area (Å²) in [6.07, 6.45) is 4.21. The summed E-state index contributed by atoms with van der Waals surface area (Å²) in [4.78, 5) is 10.2. The molecule has 0 spiro atoms. The molecule has 146 valence electrons. The van der Waals surface area contributed by atoms with Crippen LogP contribution in [0.25, 0.3) is 10.9 Å². The molecule has 2 aromatic carbocycles. The van der Waals surface area contributed by atoms with Crippen molar-refractivity contribution in [3.63, 3.8) is 0 Å². The zero-order chi connectivity index (χ0) is 19.3. The second-order valence-electron chi connectivity index (χ2n) is 7.52. The molecule has 1 saturated heterocycles. The molecule has 28 heavy (non-hydrogen) atoms. The Hall–Kier alpha value is -2.95. The van der Waals surface area contributed by atoms with Gasteiger partial charge in [0.25, 0.3) is 0 Å². The molecule has 5 heteroatoms. The molecule has 1 aliphatic heterocycles. The predicted molar refractivity (Wildman–Crippen MR) is 118 cm³/mol. The summed E-state index contributed by atoms with van der Waals surface area (Å²) in [5.74, 6) is 0.885. The van der Waals surface area contributed by atoms with Gasteiger partial charge in [0.1, 0.15) is 0 Å². The lowest BCUT2D eigenvalue weighted by atomic mass is 10.1. The van der Waals surface area contributed by atoms with Crippen LogP contribution in [0.15, 0.2) is 59.7 Å². The van der Waals surface area contributed by atoms with Gasteiger partial charge in [-0.05, 0) is 49.1 Å². The SMILES string of the molecule is CN=C(NCCc1c[nH]c2cc(C)ccc12)NC1CCN(c2ccccc2)C1. The number of aromatic nitrogens is 1. The van der Waals surface area contributed by atoms with Crippen molar-refractivity contribution >= 4 is 22.5 Å². The Morgan fingerprint density at radius 2 is 2.07 bits per heavy atom. The quantitative estimate of drug-likeness (QED) is 0.473. The van der Waals surface area contributed by atoms with Gasteiger partial charge in [0.15, 0.2) is 5.96 Å². The highest BCUT2D eigenvalue weighted by Gasteiger charge is 2.23. The highest BCUT2D eigenvalue weighted by molar-refractivity contribution is 5.84. The van der Waals surface area contributed by atoms with Crippen molar-refractivity contribution < 1.29 is 0 Å². The van der Waals surface area contributed by atoms with E-state index >= 15 is 0 Å². The molecular formula is C23H29N5. The van der Waals surface area contributed by atoms with Crippen molar-refractivity contribution in [2.45, 2.75) is 25.8 Å². The fraction of sp³-hybridized carbons (Fsp3) is 0.348. The third kappa shape index (κ3) is 4.14. The second-order valence-corrected chi connectivity index (χ2v) is 7.52. The van der Waals surface area contributed by atoms with E-state index in [-0.39, 0.29) is 0 Å². The smallest absolute Gasteiger partial charge is 0.191 e. The largest absolute Gasteiger partial charge is 0.369 e. The molecule has 3 N–H and O–H groups in total.